The van der Waals surface area contributed by atoms with Crippen LogP contribution in [0.1, 0.15) is 18.9 Å². The Bertz CT molecular complexity index is 421. The van der Waals surface area contributed by atoms with E-state index in [1.54, 1.807) is 18.0 Å². The number of hydrazone groups is 1. The van der Waals surface area contributed by atoms with Gasteiger partial charge in [-0.25, -0.2) is 0 Å². The first-order valence-electron chi connectivity index (χ1n) is 6.55. The molecule has 0 saturated carbocycles. The van der Waals surface area contributed by atoms with Crippen molar-refractivity contribution < 1.29 is 4.74 Å². The summed E-state index contributed by atoms with van der Waals surface area (Å²) in [5.74, 6) is 0. The van der Waals surface area contributed by atoms with Crippen LogP contribution in [0, 0.1) is 0 Å². The van der Waals surface area contributed by atoms with E-state index in [4.69, 9.17) is 17.0 Å². The quantitative estimate of drug-likeness (QED) is 0.254. The average Bonchev–Trinajstić information content (AvgIpc) is 2.48. The van der Waals surface area contributed by atoms with Crippen LogP contribution in [-0.2, 0) is 4.74 Å². The molecule has 0 amide bonds. The summed E-state index contributed by atoms with van der Waals surface area (Å²) in [6.07, 6.45) is 4.73. The SMILES string of the molecule is CCOCCCNC(=S)N/N=C\c1ccc(SC)cc1. The Morgan fingerprint density at radius 1 is 1.40 bits per heavy atom. The second-order valence-electron chi connectivity index (χ2n) is 3.95. The van der Waals surface area contributed by atoms with Crippen molar-refractivity contribution in [3.63, 3.8) is 0 Å². The Labute approximate surface area is 130 Å². The van der Waals surface area contributed by atoms with Gasteiger partial charge >= 0.3 is 0 Å². The number of ether oxygens (including phenoxy) is 1. The van der Waals surface area contributed by atoms with Crippen LogP contribution in [0.4, 0.5) is 0 Å². The van der Waals surface area contributed by atoms with E-state index < -0.39 is 0 Å². The molecular weight excluding hydrogens is 290 g/mol. The first-order valence-corrected chi connectivity index (χ1v) is 8.18. The van der Waals surface area contributed by atoms with Gasteiger partial charge in [0.1, 0.15) is 0 Å². The lowest BCUT2D eigenvalue weighted by atomic mass is 10.2. The van der Waals surface area contributed by atoms with Crippen molar-refractivity contribution in [1.29, 1.82) is 0 Å². The summed E-state index contributed by atoms with van der Waals surface area (Å²) in [4.78, 5) is 1.24. The van der Waals surface area contributed by atoms with Gasteiger partial charge in [-0.1, -0.05) is 12.1 Å². The fourth-order valence-electron chi connectivity index (χ4n) is 1.42. The summed E-state index contributed by atoms with van der Waals surface area (Å²) in [5, 5.41) is 7.69. The van der Waals surface area contributed by atoms with Gasteiger partial charge in [0, 0.05) is 24.7 Å². The number of thiocarbonyl (C=S) groups is 1. The molecule has 6 heteroatoms. The molecule has 0 aliphatic carbocycles. The van der Waals surface area contributed by atoms with Crippen molar-refractivity contribution in [2.75, 3.05) is 26.0 Å². The molecule has 0 spiro atoms. The zero-order valence-electron chi connectivity index (χ0n) is 11.9. The fraction of sp³-hybridized carbons (Fsp3) is 0.429. The van der Waals surface area contributed by atoms with Gasteiger partial charge < -0.3 is 10.1 Å². The first kappa shape index (κ1) is 16.9. The van der Waals surface area contributed by atoms with E-state index in [1.807, 2.05) is 19.1 Å². The molecule has 1 rings (SSSR count). The standard InChI is InChI=1S/C14H21N3OS2/c1-3-18-10-4-9-15-14(19)17-16-11-12-5-7-13(20-2)8-6-12/h5-8,11H,3-4,9-10H2,1-2H3,(H2,15,17,19)/b16-11-. The van der Waals surface area contributed by atoms with Crippen LogP contribution in [-0.4, -0.2) is 37.3 Å². The molecule has 0 aliphatic rings. The highest BCUT2D eigenvalue weighted by atomic mass is 32.2. The minimum Gasteiger partial charge on any atom is -0.382 e. The lowest BCUT2D eigenvalue weighted by molar-refractivity contribution is 0.145. The molecule has 0 unspecified atom stereocenters. The maximum Gasteiger partial charge on any atom is 0.186 e. The van der Waals surface area contributed by atoms with Gasteiger partial charge in [-0.3, -0.25) is 5.43 Å². The molecule has 1 aromatic carbocycles. The Kier molecular flexibility index (Phi) is 9.02. The molecule has 2 N–H and O–H groups in total. The molecule has 1 aromatic rings. The number of hydrogen-bond acceptors (Lipinski definition) is 4. The molecule has 0 aromatic heterocycles. The van der Waals surface area contributed by atoms with Crippen molar-refractivity contribution in [2.24, 2.45) is 5.10 Å². The van der Waals surface area contributed by atoms with Gasteiger partial charge in [0.05, 0.1) is 6.21 Å². The summed E-state index contributed by atoms with van der Waals surface area (Å²) < 4.78 is 5.24. The zero-order valence-corrected chi connectivity index (χ0v) is 13.5. The van der Waals surface area contributed by atoms with Gasteiger partial charge in [-0.15, -0.1) is 11.8 Å². The Morgan fingerprint density at radius 2 is 2.15 bits per heavy atom. The molecule has 0 atom stereocenters. The van der Waals surface area contributed by atoms with Gasteiger partial charge in [-0.2, -0.15) is 5.10 Å². The Balaban J connectivity index is 2.20. The van der Waals surface area contributed by atoms with Gasteiger partial charge in [-0.05, 0) is 49.5 Å². The third-order valence-corrected chi connectivity index (χ3v) is 3.43. The topological polar surface area (TPSA) is 45.6 Å². The van der Waals surface area contributed by atoms with E-state index in [-0.39, 0.29) is 0 Å². The number of hydrogen-bond donors (Lipinski definition) is 2. The van der Waals surface area contributed by atoms with E-state index in [1.165, 1.54) is 4.90 Å². The third kappa shape index (κ3) is 7.47. The smallest absolute Gasteiger partial charge is 0.186 e. The summed E-state index contributed by atoms with van der Waals surface area (Å²) in [6, 6.07) is 8.18. The lowest BCUT2D eigenvalue weighted by Gasteiger charge is -2.06. The molecule has 0 heterocycles. The second kappa shape index (κ2) is 10.7. The van der Waals surface area contributed by atoms with Gasteiger partial charge in [0.25, 0.3) is 0 Å². The lowest BCUT2D eigenvalue weighted by Crippen LogP contribution is -2.33. The Morgan fingerprint density at radius 3 is 2.80 bits per heavy atom. The molecule has 0 radical (unpaired) electrons. The minimum atomic E-state index is 0.526. The third-order valence-electron chi connectivity index (χ3n) is 2.45. The summed E-state index contributed by atoms with van der Waals surface area (Å²) in [7, 11) is 0. The van der Waals surface area contributed by atoms with E-state index in [2.05, 4.69) is 34.2 Å². The van der Waals surface area contributed by atoms with Crippen molar-refractivity contribution in [1.82, 2.24) is 10.7 Å². The highest BCUT2D eigenvalue weighted by Gasteiger charge is 1.93. The molecule has 0 aliphatic heterocycles. The highest BCUT2D eigenvalue weighted by molar-refractivity contribution is 7.98. The highest BCUT2D eigenvalue weighted by Crippen LogP contribution is 2.13. The molecule has 0 fully saturated rings. The van der Waals surface area contributed by atoms with Gasteiger partial charge in [0.15, 0.2) is 5.11 Å². The maximum atomic E-state index is 5.24. The largest absolute Gasteiger partial charge is 0.382 e. The van der Waals surface area contributed by atoms with Crippen molar-refractivity contribution >= 4 is 35.3 Å². The van der Waals surface area contributed by atoms with Crippen molar-refractivity contribution in [3.05, 3.63) is 29.8 Å². The molecule has 4 nitrogen and oxygen atoms in total. The van der Waals surface area contributed by atoms with E-state index in [0.29, 0.717) is 5.11 Å². The van der Waals surface area contributed by atoms with Crippen LogP contribution in [0.3, 0.4) is 0 Å². The fourth-order valence-corrected chi connectivity index (χ4v) is 1.98. The summed E-state index contributed by atoms with van der Waals surface area (Å²) in [5.41, 5.74) is 3.83. The maximum absolute atomic E-state index is 5.24. The van der Waals surface area contributed by atoms with Gasteiger partial charge in [0.2, 0.25) is 0 Å². The van der Waals surface area contributed by atoms with Crippen LogP contribution in [0.2, 0.25) is 0 Å². The summed E-state index contributed by atoms with van der Waals surface area (Å²) in [6.45, 7) is 4.27. The second-order valence-corrected chi connectivity index (χ2v) is 5.24. The van der Waals surface area contributed by atoms with Crippen LogP contribution < -0.4 is 10.7 Å². The minimum absolute atomic E-state index is 0.526. The van der Waals surface area contributed by atoms with Crippen LogP contribution >= 0.6 is 24.0 Å². The predicted octanol–water partition coefficient (Wildman–Crippen LogP) is 2.63. The van der Waals surface area contributed by atoms with Crippen LogP contribution in [0.5, 0.6) is 0 Å². The van der Waals surface area contributed by atoms with E-state index in [0.717, 1.165) is 31.7 Å². The van der Waals surface area contributed by atoms with Crippen molar-refractivity contribution in [2.45, 2.75) is 18.2 Å². The molecule has 0 bridgehead atoms. The monoisotopic (exact) mass is 311 g/mol. The average molecular weight is 311 g/mol. The predicted molar refractivity (Wildman–Crippen MR) is 90.7 cm³/mol. The summed E-state index contributed by atoms with van der Waals surface area (Å²) >= 11 is 6.83. The Hall–Kier alpha value is -1.11. The van der Waals surface area contributed by atoms with E-state index >= 15 is 0 Å². The number of nitrogens with one attached hydrogen (secondary N) is 2. The molecular formula is C14H21N3OS2. The first-order chi connectivity index (χ1) is 9.76. The molecule has 0 saturated heterocycles. The van der Waals surface area contributed by atoms with Crippen LogP contribution in [0.25, 0.3) is 0 Å². The molecule has 20 heavy (non-hydrogen) atoms. The molecule has 110 valence electrons. The number of benzene rings is 1. The number of rotatable bonds is 8. The van der Waals surface area contributed by atoms with E-state index in [9.17, 15) is 0 Å². The zero-order chi connectivity index (χ0) is 14.6. The van der Waals surface area contributed by atoms with Crippen LogP contribution in [0.15, 0.2) is 34.3 Å². The number of nitrogens with zero attached hydrogens (tertiary/aromatic N) is 1. The normalized spacial score (nSPS) is 10.7. The van der Waals surface area contributed by atoms with Crippen molar-refractivity contribution in [3.8, 4) is 0 Å². The number of thioether (sulfide) groups is 1.